The summed E-state index contributed by atoms with van der Waals surface area (Å²) in [5.41, 5.74) is 2.02. The van der Waals surface area contributed by atoms with Gasteiger partial charge in [-0.1, -0.05) is 92.4 Å². The second-order valence-electron chi connectivity index (χ2n) is 19.8. The molecule has 4 saturated heterocycles. The fourth-order valence-corrected chi connectivity index (χ4v) is 13.0. The summed E-state index contributed by atoms with van der Waals surface area (Å²) in [4.78, 5) is 55.0. The summed E-state index contributed by atoms with van der Waals surface area (Å²) in [5.74, 6) is 0.342. The fraction of sp³-hybridized carbons (Fsp3) is 0.649. The number of carbonyl (C=O) groups excluding carboxylic acids is 4. The molecule has 6 heterocycles. The minimum Gasteiger partial charge on any atom is -0.497 e. The van der Waals surface area contributed by atoms with E-state index < -0.39 is 11.6 Å². The van der Waals surface area contributed by atoms with Gasteiger partial charge in [-0.15, -0.1) is 0 Å². The molecule has 0 aromatic heterocycles. The molecule has 6 aliphatic rings. The van der Waals surface area contributed by atoms with Gasteiger partial charge < -0.3 is 47.7 Å². The van der Waals surface area contributed by atoms with Crippen LogP contribution in [0.4, 0.5) is 9.59 Å². The smallest absolute Gasteiger partial charge is 0.306 e. The average molecular weight is 1050 g/mol. The molecule has 0 radical (unpaired) electrons. The monoisotopic (exact) mass is 1050 g/mol. The number of allylic oxidation sites excluding steroid dienone is 4. The third kappa shape index (κ3) is 16.5. The number of carbonyl (C=O) groups is 4. The molecule has 4 fully saturated rings. The Morgan fingerprint density at radius 2 is 0.904 bits per heavy atom. The molecular weight excluding hydrogens is 969 g/mol. The molecule has 0 aliphatic carbocycles. The van der Waals surface area contributed by atoms with Crippen LogP contribution in [-0.4, -0.2) is 120 Å². The van der Waals surface area contributed by atoms with Crippen molar-refractivity contribution in [3.8, 4) is 11.5 Å². The first-order valence-corrected chi connectivity index (χ1v) is 28.3. The van der Waals surface area contributed by atoms with Gasteiger partial charge in [-0.25, -0.2) is 0 Å². The Morgan fingerprint density at radius 3 is 1.27 bits per heavy atom. The molecule has 4 bridgehead atoms. The zero-order valence-corrected chi connectivity index (χ0v) is 44.6. The lowest BCUT2D eigenvalue weighted by Crippen LogP contribution is -2.60. The Kier molecular flexibility index (Phi) is 23.4. The highest BCUT2D eigenvalue weighted by atomic mass is 32.2. The van der Waals surface area contributed by atoms with Crippen molar-refractivity contribution < 1.29 is 57.1 Å². The van der Waals surface area contributed by atoms with E-state index in [2.05, 4.69) is 24.3 Å². The van der Waals surface area contributed by atoms with Gasteiger partial charge in [0.25, 0.3) is 10.5 Å². The van der Waals surface area contributed by atoms with Gasteiger partial charge in [0.05, 0.1) is 38.5 Å². The average Bonchev–Trinajstić information content (AvgIpc) is 3.95. The second kappa shape index (κ2) is 29.3. The minimum atomic E-state index is -1.02. The molecule has 16 heteroatoms. The molecule has 6 aliphatic heterocycles. The van der Waals surface area contributed by atoms with E-state index in [0.717, 1.165) is 113 Å². The van der Waals surface area contributed by atoms with Crippen molar-refractivity contribution in [1.29, 1.82) is 0 Å². The molecule has 14 nitrogen and oxygen atoms in total. The van der Waals surface area contributed by atoms with E-state index in [1.165, 1.54) is 23.5 Å². The summed E-state index contributed by atoms with van der Waals surface area (Å²) in [6.07, 6.45) is 25.0. The normalized spacial score (nSPS) is 30.8. The Labute approximate surface area is 443 Å². The van der Waals surface area contributed by atoms with E-state index >= 15 is 0 Å². The second-order valence-corrected chi connectivity index (χ2v) is 21.7. The lowest BCUT2D eigenvalue weighted by Gasteiger charge is -2.48. The zero-order chi connectivity index (χ0) is 50.8. The van der Waals surface area contributed by atoms with Crippen LogP contribution in [0.3, 0.4) is 0 Å². The topological polar surface area (TPSA) is 149 Å². The van der Waals surface area contributed by atoms with Gasteiger partial charge >= 0.3 is 11.9 Å². The van der Waals surface area contributed by atoms with Gasteiger partial charge in [0, 0.05) is 77.3 Å². The van der Waals surface area contributed by atoms with Crippen LogP contribution >= 0.6 is 23.5 Å². The predicted octanol–water partition coefficient (Wildman–Crippen LogP) is 12.3. The molecule has 2 aromatic carbocycles. The van der Waals surface area contributed by atoms with Crippen molar-refractivity contribution in [2.75, 3.05) is 39.9 Å². The number of benzene rings is 2. The predicted molar refractivity (Wildman–Crippen MR) is 287 cm³/mol. The van der Waals surface area contributed by atoms with E-state index in [-0.39, 0.29) is 66.3 Å². The summed E-state index contributed by atoms with van der Waals surface area (Å²) >= 11 is 2.58. The zero-order valence-electron chi connectivity index (χ0n) is 43.0. The number of esters is 2. The number of rotatable bonds is 10. The van der Waals surface area contributed by atoms with Crippen LogP contribution < -0.4 is 9.47 Å². The van der Waals surface area contributed by atoms with Gasteiger partial charge in [-0.2, -0.15) is 0 Å². The molecule has 8 atom stereocenters. The molecule has 0 N–H and O–H groups in total. The third-order valence-corrected chi connectivity index (χ3v) is 16.6. The number of methoxy groups -OCH3 is 4. The molecule has 404 valence electrons. The Hall–Kier alpha value is -4.06. The van der Waals surface area contributed by atoms with Crippen molar-refractivity contribution >= 4 is 45.9 Å². The first kappa shape index (κ1) is 58.2. The van der Waals surface area contributed by atoms with Crippen molar-refractivity contribution in [1.82, 2.24) is 9.80 Å². The van der Waals surface area contributed by atoms with E-state index in [9.17, 15) is 19.2 Å². The van der Waals surface area contributed by atoms with Gasteiger partial charge in [0.2, 0.25) is 0 Å². The Morgan fingerprint density at radius 1 is 0.521 bits per heavy atom. The van der Waals surface area contributed by atoms with Crippen LogP contribution in [0.1, 0.15) is 147 Å². The standard InChI is InChI=1S/2C28H39NO6S.CH4/c2*1-32-22-15-13-21(14-16-22)19-29-25(20-36-27(29)31)28(33-2)18-24-17-23(35-28)11-9-7-5-3-4-6-8-10-12-26(30)34-24;/h2*3,5,13-16,23-25H,4,6-12,17-20H2,1-2H3;1H4/b5-3+;5-3-;/t2*23-,24-,25+,28-;/m11./s1. The lowest BCUT2D eigenvalue weighted by molar-refractivity contribution is -0.306. The van der Waals surface area contributed by atoms with Crippen molar-refractivity contribution in [3.05, 3.63) is 84.0 Å². The number of thioether (sulfide) groups is 2. The molecule has 2 amide bonds. The fourth-order valence-electron chi connectivity index (χ4n) is 10.8. The van der Waals surface area contributed by atoms with Gasteiger partial charge in [-0.05, 0) is 112 Å². The SMILES string of the molecule is C.COc1ccc(CN2C(=O)SC[C@H]2[C@@]2(OC)C[C@H]3C[C@@H](CCC/C=C/CCCCCC(=O)O3)O2)cc1.COc1ccc(CN2C(=O)SC[C@H]2[C@@]2(OC)C[C@H]3C[C@@H](CCC/C=C\CCCCCC(=O)O3)O2)cc1. The maximum Gasteiger partial charge on any atom is 0.306 e. The number of hydrogen-bond acceptors (Lipinski definition) is 14. The quantitative estimate of drug-likeness (QED) is 0.164. The van der Waals surface area contributed by atoms with Crippen LogP contribution in [0.25, 0.3) is 0 Å². The van der Waals surface area contributed by atoms with E-state index in [1.54, 1.807) is 28.4 Å². The maximum absolute atomic E-state index is 13.0. The number of hydrogen-bond donors (Lipinski definition) is 0. The van der Waals surface area contributed by atoms with Crippen molar-refractivity contribution in [2.24, 2.45) is 0 Å². The maximum atomic E-state index is 13.0. The highest BCUT2D eigenvalue weighted by Crippen LogP contribution is 2.45. The molecule has 0 spiro atoms. The van der Waals surface area contributed by atoms with E-state index in [0.29, 0.717) is 63.1 Å². The molecule has 2 aromatic rings. The minimum absolute atomic E-state index is 0. The lowest BCUT2D eigenvalue weighted by atomic mass is 9.90. The number of amides is 2. The van der Waals surface area contributed by atoms with Gasteiger partial charge in [-0.3, -0.25) is 19.2 Å². The van der Waals surface area contributed by atoms with Crippen LogP contribution in [0.2, 0.25) is 0 Å². The Balaban J connectivity index is 0.000000235. The largest absolute Gasteiger partial charge is 0.497 e. The van der Waals surface area contributed by atoms with Crippen LogP contribution in [0, 0.1) is 0 Å². The molecule has 73 heavy (non-hydrogen) atoms. The van der Waals surface area contributed by atoms with Crippen molar-refractivity contribution in [2.45, 2.75) is 197 Å². The molecule has 0 unspecified atom stereocenters. The third-order valence-electron chi connectivity index (χ3n) is 14.7. The first-order chi connectivity index (χ1) is 35.1. The van der Waals surface area contributed by atoms with Gasteiger partial charge in [0.1, 0.15) is 23.7 Å². The number of ether oxygens (including phenoxy) is 8. The number of fused-ring (bicyclic) bond motifs is 4. The summed E-state index contributed by atoms with van der Waals surface area (Å²) in [7, 11) is 6.56. The van der Waals surface area contributed by atoms with E-state index in [4.69, 9.17) is 37.9 Å². The molecule has 0 saturated carbocycles. The van der Waals surface area contributed by atoms with Crippen LogP contribution in [0.5, 0.6) is 11.5 Å². The number of nitrogens with zero attached hydrogens (tertiary/aromatic N) is 2. The summed E-state index contributed by atoms with van der Waals surface area (Å²) in [6, 6.07) is 14.9. The van der Waals surface area contributed by atoms with E-state index in [1.807, 2.05) is 58.3 Å². The summed E-state index contributed by atoms with van der Waals surface area (Å²) in [5, 5.41) is 0.0186. The van der Waals surface area contributed by atoms with Gasteiger partial charge in [0.15, 0.2) is 11.6 Å². The summed E-state index contributed by atoms with van der Waals surface area (Å²) in [6.45, 7) is 0.907. The highest BCUT2D eigenvalue weighted by Gasteiger charge is 2.56. The molecule has 8 rings (SSSR count). The van der Waals surface area contributed by atoms with Crippen LogP contribution in [0.15, 0.2) is 72.8 Å². The molecular formula is C57H82N2O12S2. The van der Waals surface area contributed by atoms with Crippen molar-refractivity contribution in [3.63, 3.8) is 0 Å². The highest BCUT2D eigenvalue weighted by molar-refractivity contribution is 8.14. The Bertz CT molecular complexity index is 1960. The summed E-state index contributed by atoms with van der Waals surface area (Å²) < 4.78 is 48.1. The van der Waals surface area contributed by atoms with Crippen LogP contribution in [-0.2, 0) is 51.1 Å². The first-order valence-electron chi connectivity index (χ1n) is 26.3.